The summed E-state index contributed by atoms with van der Waals surface area (Å²) in [5.41, 5.74) is 4.20. The van der Waals surface area contributed by atoms with E-state index < -0.39 is 6.09 Å². The summed E-state index contributed by atoms with van der Waals surface area (Å²) in [6, 6.07) is 2.06. The standard InChI is InChI=1S/C13H19NO3/c1-8-6-9(2)11(7-14(4)13(15)16)12(17-5)10(8)3/h6H,7H2,1-5H3,(H,15,16). The smallest absolute Gasteiger partial charge is 0.407 e. The molecule has 0 saturated heterocycles. The van der Waals surface area contributed by atoms with E-state index in [4.69, 9.17) is 9.84 Å². The maximum atomic E-state index is 10.9. The Hall–Kier alpha value is -1.71. The Labute approximate surface area is 102 Å². The van der Waals surface area contributed by atoms with E-state index in [0.29, 0.717) is 6.54 Å². The molecule has 0 aromatic heterocycles. The van der Waals surface area contributed by atoms with Crippen molar-refractivity contribution >= 4 is 6.09 Å². The van der Waals surface area contributed by atoms with Gasteiger partial charge in [0.1, 0.15) is 5.75 Å². The van der Waals surface area contributed by atoms with Gasteiger partial charge in [-0.1, -0.05) is 6.07 Å². The van der Waals surface area contributed by atoms with Crippen LogP contribution in [0.25, 0.3) is 0 Å². The van der Waals surface area contributed by atoms with Crippen molar-refractivity contribution in [3.05, 3.63) is 28.3 Å². The van der Waals surface area contributed by atoms with E-state index in [1.165, 1.54) is 4.90 Å². The highest BCUT2D eigenvalue weighted by Gasteiger charge is 2.15. The zero-order valence-corrected chi connectivity index (χ0v) is 11.0. The van der Waals surface area contributed by atoms with Crippen molar-refractivity contribution in [3.8, 4) is 5.75 Å². The largest absolute Gasteiger partial charge is 0.496 e. The minimum Gasteiger partial charge on any atom is -0.496 e. The third kappa shape index (κ3) is 2.70. The number of aryl methyl sites for hydroxylation is 2. The number of benzene rings is 1. The molecule has 94 valence electrons. The highest BCUT2D eigenvalue weighted by molar-refractivity contribution is 5.65. The molecule has 0 saturated carbocycles. The Morgan fingerprint density at radius 1 is 1.35 bits per heavy atom. The molecule has 1 amide bonds. The summed E-state index contributed by atoms with van der Waals surface area (Å²) >= 11 is 0. The second kappa shape index (κ2) is 5.08. The maximum absolute atomic E-state index is 10.9. The number of carbonyl (C=O) groups is 1. The SMILES string of the molecule is COc1c(C)c(C)cc(C)c1CN(C)C(=O)O. The summed E-state index contributed by atoms with van der Waals surface area (Å²) in [4.78, 5) is 12.1. The van der Waals surface area contributed by atoms with Gasteiger partial charge in [0.05, 0.1) is 13.7 Å². The van der Waals surface area contributed by atoms with Crippen LogP contribution in [0.4, 0.5) is 4.79 Å². The molecule has 17 heavy (non-hydrogen) atoms. The lowest BCUT2D eigenvalue weighted by Gasteiger charge is -2.20. The Balaban J connectivity index is 3.22. The van der Waals surface area contributed by atoms with Crippen LogP contribution >= 0.6 is 0 Å². The average molecular weight is 237 g/mol. The number of ether oxygens (including phenoxy) is 1. The lowest BCUT2D eigenvalue weighted by molar-refractivity contribution is 0.153. The van der Waals surface area contributed by atoms with Crippen molar-refractivity contribution in [2.24, 2.45) is 0 Å². The molecule has 1 aromatic rings. The molecule has 0 radical (unpaired) electrons. The monoisotopic (exact) mass is 237 g/mol. The zero-order valence-electron chi connectivity index (χ0n) is 11.0. The van der Waals surface area contributed by atoms with Crippen LogP contribution in [0.15, 0.2) is 6.07 Å². The first kappa shape index (κ1) is 13.4. The van der Waals surface area contributed by atoms with Crippen LogP contribution in [0.2, 0.25) is 0 Å². The van der Waals surface area contributed by atoms with E-state index in [0.717, 1.165) is 28.0 Å². The van der Waals surface area contributed by atoms with Crippen LogP contribution < -0.4 is 4.74 Å². The highest BCUT2D eigenvalue weighted by Crippen LogP contribution is 2.30. The summed E-state index contributed by atoms with van der Waals surface area (Å²) in [6.45, 7) is 6.32. The first-order valence-corrected chi connectivity index (χ1v) is 5.46. The minimum absolute atomic E-state index is 0.339. The highest BCUT2D eigenvalue weighted by atomic mass is 16.5. The van der Waals surface area contributed by atoms with E-state index in [9.17, 15) is 4.79 Å². The molecule has 4 heteroatoms. The fraction of sp³-hybridized carbons (Fsp3) is 0.462. The number of amides is 1. The summed E-state index contributed by atoms with van der Waals surface area (Å²) in [5.74, 6) is 0.788. The molecule has 0 fully saturated rings. The number of carboxylic acid groups (broad SMARTS) is 1. The molecule has 4 nitrogen and oxygen atoms in total. The maximum Gasteiger partial charge on any atom is 0.407 e. The molecule has 1 rings (SSSR count). The fourth-order valence-electron chi connectivity index (χ4n) is 1.88. The van der Waals surface area contributed by atoms with Gasteiger partial charge in [-0.05, 0) is 37.5 Å². The third-order valence-corrected chi connectivity index (χ3v) is 3.04. The van der Waals surface area contributed by atoms with Gasteiger partial charge in [-0.25, -0.2) is 4.79 Å². The van der Waals surface area contributed by atoms with Gasteiger partial charge < -0.3 is 14.7 Å². The Bertz CT molecular complexity index is 441. The van der Waals surface area contributed by atoms with Crippen LogP contribution in [0, 0.1) is 20.8 Å². The van der Waals surface area contributed by atoms with Gasteiger partial charge in [0.2, 0.25) is 0 Å². The summed E-state index contributed by atoms with van der Waals surface area (Å²) in [6.07, 6.45) is -0.940. The van der Waals surface area contributed by atoms with Crippen molar-refractivity contribution in [2.45, 2.75) is 27.3 Å². The molecule has 0 aliphatic rings. The minimum atomic E-state index is -0.940. The molecule has 1 N–H and O–H groups in total. The van der Waals surface area contributed by atoms with E-state index >= 15 is 0 Å². The van der Waals surface area contributed by atoms with Gasteiger partial charge in [0.15, 0.2) is 0 Å². The predicted octanol–water partition coefficient (Wildman–Crippen LogP) is 2.73. The van der Waals surface area contributed by atoms with E-state index in [1.54, 1.807) is 14.2 Å². The van der Waals surface area contributed by atoms with Crippen LogP contribution in [0.1, 0.15) is 22.3 Å². The van der Waals surface area contributed by atoms with Crippen LogP contribution in [0.5, 0.6) is 5.75 Å². The average Bonchev–Trinajstić information content (AvgIpc) is 2.26. The van der Waals surface area contributed by atoms with Gasteiger partial charge in [0, 0.05) is 12.6 Å². The number of hydrogen-bond acceptors (Lipinski definition) is 2. The van der Waals surface area contributed by atoms with E-state index in [1.807, 2.05) is 20.8 Å². The number of methoxy groups -OCH3 is 1. The lowest BCUT2D eigenvalue weighted by atomic mass is 9.98. The number of rotatable bonds is 3. The van der Waals surface area contributed by atoms with Gasteiger partial charge in [-0.15, -0.1) is 0 Å². The second-order valence-corrected chi connectivity index (χ2v) is 4.29. The summed E-state index contributed by atoms with van der Waals surface area (Å²) in [7, 11) is 3.17. The van der Waals surface area contributed by atoms with E-state index in [2.05, 4.69) is 6.07 Å². The number of hydrogen-bond donors (Lipinski definition) is 1. The predicted molar refractivity (Wildman–Crippen MR) is 66.7 cm³/mol. The Morgan fingerprint density at radius 3 is 2.41 bits per heavy atom. The molecule has 0 aliphatic heterocycles. The molecule has 0 heterocycles. The molecule has 1 aromatic carbocycles. The van der Waals surface area contributed by atoms with Gasteiger partial charge in [-0.2, -0.15) is 0 Å². The van der Waals surface area contributed by atoms with Crippen molar-refractivity contribution in [3.63, 3.8) is 0 Å². The van der Waals surface area contributed by atoms with E-state index in [-0.39, 0.29) is 0 Å². The van der Waals surface area contributed by atoms with Crippen molar-refractivity contribution in [1.82, 2.24) is 4.90 Å². The molecular formula is C13H19NO3. The van der Waals surface area contributed by atoms with Gasteiger partial charge >= 0.3 is 6.09 Å². The first-order valence-electron chi connectivity index (χ1n) is 5.46. The van der Waals surface area contributed by atoms with Gasteiger partial charge in [0.25, 0.3) is 0 Å². The topological polar surface area (TPSA) is 49.8 Å². The first-order chi connectivity index (χ1) is 7.88. The fourth-order valence-corrected chi connectivity index (χ4v) is 1.88. The molecule has 0 atom stereocenters. The quantitative estimate of drug-likeness (QED) is 0.879. The van der Waals surface area contributed by atoms with Gasteiger partial charge in [-0.3, -0.25) is 0 Å². The second-order valence-electron chi connectivity index (χ2n) is 4.29. The molecule has 0 aliphatic carbocycles. The number of nitrogens with zero attached hydrogens (tertiary/aromatic N) is 1. The van der Waals surface area contributed by atoms with Crippen LogP contribution in [-0.2, 0) is 6.54 Å². The lowest BCUT2D eigenvalue weighted by Crippen LogP contribution is -2.24. The summed E-state index contributed by atoms with van der Waals surface area (Å²) < 4.78 is 5.40. The Morgan fingerprint density at radius 2 is 1.94 bits per heavy atom. The van der Waals surface area contributed by atoms with Crippen molar-refractivity contribution in [2.75, 3.05) is 14.2 Å². The molecule has 0 spiro atoms. The third-order valence-electron chi connectivity index (χ3n) is 3.04. The summed E-state index contributed by atoms with van der Waals surface area (Å²) in [5, 5.41) is 8.91. The van der Waals surface area contributed by atoms with Crippen molar-refractivity contribution < 1.29 is 14.6 Å². The molecule has 0 unspecified atom stereocenters. The van der Waals surface area contributed by atoms with Crippen LogP contribution in [-0.4, -0.2) is 30.3 Å². The Kier molecular flexibility index (Phi) is 3.99. The normalized spacial score (nSPS) is 10.2. The zero-order chi connectivity index (χ0) is 13.2. The molecule has 0 bridgehead atoms. The molecular weight excluding hydrogens is 218 g/mol. The van der Waals surface area contributed by atoms with Crippen LogP contribution in [0.3, 0.4) is 0 Å². The van der Waals surface area contributed by atoms with Crippen molar-refractivity contribution in [1.29, 1.82) is 0 Å².